The minimum Gasteiger partial charge on any atom is -0.360 e. The van der Waals surface area contributed by atoms with Crippen molar-refractivity contribution in [3.8, 4) is 0 Å². The molecule has 2 heterocycles. The lowest BCUT2D eigenvalue weighted by Gasteiger charge is -2.15. The van der Waals surface area contributed by atoms with Crippen LogP contribution >= 0.6 is 11.8 Å². The quantitative estimate of drug-likeness (QED) is 0.195. The Morgan fingerprint density at radius 1 is 1.09 bits per heavy atom. The number of amides is 1. The van der Waals surface area contributed by atoms with Crippen LogP contribution in [-0.4, -0.2) is 38.0 Å². The summed E-state index contributed by atoms with van der Waals surface area (Å²) < 4.78 is 1.66. The van der Waals surface area contributed by atoms with Gasteiger partial charge in [-0.3, -0.25) is 19.0 Å². The zero-order chi connectivity index (χ0) is 25.1. The van der Waals surface area contributed by atoms with E-state index in [0.29, 0.717) is 39.6 Å². The molecule has 4 aromatic rings. The third kappa shape index (κ3) is 5.48. The van der Waals surface area contributed by atoms with Gasteiger partial charge in [0.1, 0.15) is 0 Å². The number of aromatic nitrogens is 3. The van der Waals surface area contributed by atoms with Crippen molar-refractivity contribution in [2.75, 3.05) is 5.75 Å². The van der Waals surface area contributed by atoms with Crippen molar-refractivity contribution < 1.29 is 9.59 Å². The second kappa shape index (κ2) is 10.5. The van der Waals surface area contributed by atoms with Gasteiger partial charge in [-0.15, -0.1) is 0 Å². The maximum Gasteiger partial charge on any atom is 0.262 e. The van der Waals surface area contributed by atoms with E-state index >= 15 is 0 Å². The summed E-state index contributed by atoms with van der Waals surface area (Å²) in [5, 5.41) is 4.69. The lowest BCUT2D eigenvalue weighted by Crippen LogP contribution is -2.30. The molecule has 0 spiro atoms. The maximum absolute atomic E-state index is 13.4. The van der Waals surface area contributed by atoms with Crippen LogP contribution < -0.4 is 10.9 Å². The fourth-order valence-electron chi connectivity index (χ4n) is 3.89. The summed E-state index contributed by atoms with van der Waals surface area (Å²) in [6.07, 6.45) is 2.54. The van der Waals surface area contributed by atoms with Crippen molar-refractivity contribution in [2.45, 2.75) is 51.9 Å². The van der Waals surface area contributed by atoms with Crippen LogP contribution in [0.5, 0.6) is 0 Å². The van der Waals surface area contributed by atoms with Crippen LogP contribution in [0.4, 0.5) is 0 Å². The summed E-state index contributed by atoms with van der Waals surface area (Å²) in [5.74, 6) is 0.304. The molecule has 0 atom stereocenters. The summed E-state index contributed by atoms with van der Waals surface area (Å²) in [4.78, 5) is 46.8. The van der Waals surface area contributed by atoms with Crippen LogP contribution in [0.1, 0.15) is 54.8 Å². The highest BCUT2D eigenvalue weighted by atomic mass is 32.2. The molecule has 0 aliphatic rings. The van der Waals surface area contributed by atoms with Gasteiger partial charge in [-0.25, -0.2) is 4.98 Å². The number of hydrogen-bond donors (Lipinski definition) is 2. The van der Waals surface area contributed by atoms with E-state index in [-0.39, 0.29) is 29.0 Å². The Morgan fingerprint density at radius 2 is 1.86 bits per heavy atom. The number of ketones is 1. The van der Waals surface area contributed by atoms with Crippen molar-refractivity contribution in [3.05, 3.63) is 70.1 Å². The second-order valence-corrected chi connectivity index (χ2v) is 10.3. The number of carbonyl (C=O) groups excluding carboxylic acids is 2. The third-order valence-electron chi connectivity index (χ3n) is 5.75. The first-order chi connectivity index (χ1) is 16.7. The number of aromatic amines is 1. The molecule has 2 N–H and O–H groups in total. The number of hydrogen-bond acceptors (Lipinski definition) is 5. The van der Waals surface area contributed by atoms with Crippen molar-refractivity contribution in [2.24, 2.45) is 5.92 Å². The topological polar surface area (TPSA) is 96.8 Å². The second-order valence-electron chi connectivity index (χ2n) is 9.35. The molecule has 7 nitrogen and oxygen atoms in total. The van der Waals surface area contributed by atoms with Crippen LogP contribution in [0.25, 0.3) is 21.8 Å². The first kappa shape index (κ1) is 24.7. The van der Waals surface area contributed by atoms with Crippen LogP contribution in [0.15, 0.2) is 58.6 Å². The minimum atomic E-state index is -0.212. The van der Waals surface area contributed by atoms with Gasteiger partial charge in [0.25, 0.3) is 11.5 Å². The molecule has 2 aromatic carbocycles. The van der Waals surface area contributed by atoms with E-state index in [0.717, 1.165) is 17.3 Å². The largest absolute Gasteiger partial charge is 0.360 e. The highest BCUT2D eigenvalue weighted by Gasteiger charge is 2.18. The molecule has 0 aliphatic carbocycles. The Hall–Kier alpha value is -3.39. The van der Waals surface area contributed by atoms with Crippen molar-refractivity contribution in [1.29, 1.82) is 0 Å². The summed E-state index contributed by atoms with van der Waals surface area (Å²) in [7, 11) is 0. The fraction of sp³-hybridized carbons (Fsp3) is 0.333. The number of nitrogens with zero attached hydrogens (tertiary/aromatic N) is 2. The van der Waals surface area contributed by atoms with Gasteiger partial charge in [0.05, 0.1) is 16.7 Å². The zero-order valence-corrected chi connectivity index (χ0v) is 21.2. The molecular formula is C27H30N4O3S. The molecular weight excluding hydrogens is 460 g/mol. The molecule has 4 rings (SSSR count). The number of rotatable bonds is 9. The number of H-pyrrole nitrogens is 1. The molecule has 0 aliphatic heterocycles. The van der Waals surface area contributed by atoms with E-state index in [1.165, 1.54) is 11.8 Å². The monoisotopic (exact) mass is 490 g/mol. The Balaban J connectivity index is 1.68. The number of nitrogens with one attached hydrogen (secondary N) is 2. The highest BCUT2D eigenvalue weighted by Crippen LogP contribution is 2.24. The van der Waals surface area contributed by atoms with Gasteiger partial charge in [0.15, 0.2) is 10.9 Å². The van der Waals surface area contributed by atoms with Gasteiger partial charge >= 0.3 is 0 Å². The summed E-state index contributed by atoms with van der Waals surface area (Å²) in [6.45, 7) is 8.51. The lowest BCUT2D eigenvalue weighted by molar-refractivity contribution is 0.0942. The molecule has 0 saturated heterocycles. The normalized spacial score (nSPS) is 11.6. The van der Waals surface area contributed by atoms with Gasteiger partial charge in [-0.2, -0.15) is 0 Å². The molecule has 0 saturated carbocycles. The van der Waals surface area contributed by atoms with E-state index in [1.807, 2.05) is 38.1 Å². The fourth-order valence-corrected chi connectivity index (χ4v) is 4.80. The standard InChI is InChI=1S/C27H30N4O3S/c1-16(2)11-12-31-26(34)20-10-9-18(25(33)29-17(3)4)13-23(20)30-27(31)35-15-24(32)21-14-28-22-8-6-5-7-19(21)22/h5-10,13-14,16-17,28H,11-12,15H2,1-4H3,(H,29,33). The number of benzene rings is 2. The molecule has 0 bridgehead atoms. The van der Waals surface area contributed by atoms with Crippen LogP contribution in [0, 0.1) is 5.92 Å². The molecule has 0 radical (unpaired) electrons. The average Bonchev–Trinajstić information content (AvgIpc) is 3.25. The van der Waals surface area contributed by atoms with Gasteiger partial charge < -0.3 is 10.3 Å². The van der Waals surface area contributed by atoms with Crippen LogP contribution in [0.3, 0.4) is 0 Å². The van der Waals surface area contributed by atoms with E-state index in [9.17, 15) is 14.4 Å². The Bertz CT molecular complexity index is 1450. The average molecular weight is 491 g/mol. The summed E-state index contributed by atoms with van der Waals surface area (Å²) in [6, 6.07) is 12.6. The molecule has 1 amide bonds. The lowest BCUT2D eigenvalue weighted by atomic mass is 10.1. The van der Waals surface area contributed by atoms with Crippen molar-refractivity contribution in [3.63, 3.8) is 0 Å². The first-order valence-electron chi connectivity index (χ1n) is 11.8. The Labute approximate surface area is 208 Å². The number of Topliss-reactive ketones (excluding diaryl/α,β-unsaturated/α-hetero) is 1. The van der Waals surface area contributed by atoms with Gasteiger partial charge in [-0.1, -0.05) is 43.8 Å². The number of para-hydroxylation sites is 1. The Morgan fingerprint density at radius 3 is 2.60 bits per heavy atom. The van der Waals surface area contributed by atoms with E-state index in [4.69, 9.17) is 4.98 Å². The molecule has 35 heavy (non-hydrogen) atoms. The number of fused-ring (bicyclic) bond motifs is 2. The predicted molar refractivity (Wildman–Crippen MR) is 141 cm³/mol. The smallest absolute Gasteiger partial charge is 0.262 e. The predicted octanol–water partition coefficient (Wildman–Crippen LogP) is 5.04. The van der Waals surface area contributed by atoms with E-state index in [2.05, 4.69) is 24.1 Å². The van der Waals surface area contributed by atoms with Crippen molar-refractivity contribution >= 4 is 45.3 Å². The molecule has 2 aromatic heterocycles. The summed E-state index contributed by atoms with van der Waals surface area (Å²) in [5.41, 5.74) is 2.27. The maximum atomic E-state index is 13.4. The van der Waals surface area contributed by atoms with Crippen LogP contribution in [-0.2, 0) is 6.54 Å². The first-order valence-corrected chi connectivity index (χ1v) is 12.8. The molecule has 8 heteroatoms. The zero-order valence-electron chi connectivity index (χ0n) is 20.4. The van der Waals surface area contributed by atoms with Crippen LogP contribution in [0.2, 0.25) is 0 Å². The highest BCUT2D eigenvalue weighted by molar-refractivity contribution is 7.99. The summed E-state index contributed by atoms with van der Waals surface area (Å²) >= 11 is 1.26. The number of thioether (sulfide) groups is 1. The van der Waals surface area contributed by atoms with E-state index < -0.39 is 0 Å². The van der Waals surface area contributed by atoms with Gasteiger partial charge in [0.2, 0.25) is 0 Å². The minimum absolute atomic E-state index is 0.00293. The SMILES string of the molecule is CC(C)CCn1c(SCC(=O)c2c[nH]c3ccccc23)nc2cc(C(=O)NC(C)C)ccc2c1=O. The Kier molecular flexibility index (Phi) is 7.40. The molecule has 0 fully saturated rings. The third-order valence-corrected chi connectivity index (χ3v) is 6.73. The number of carbonyl (C=O) groups is 2. The van der Waals surface area contributed by atoms with E-state index in [1.54, 1.807) is 29.0 Å². The van der Waals surface area contributed by atoms with Crippen molar-refractivity contribution in [1.82, 2.24) is 19.9 Å². The molecule has 182 valence electrons. The van der Waals surface area contributed by atoms with Gasteiger partial charge in [0, 0.05) is 40.8 Å². The van der Waals surface area contributed by atoms with Gasteiger partial charge in [-0.05, 0) is 50.5 Å². The molecule has 0 unspecified atom stereocenters.